The predicted octanol–water partition coefficient (Wildman–Crippen LogP) is 5.46. The maximum absolute atomic E-state index is 13.4. The Morgan fingerprint density at radius 2 is 1.94 bits per heavy atom. The minimum atomic E-state index is -3.79. The summed E-state index contributed by atoms with van der Waals surface area (Å²) in [6.07, 6.45) is 0.746. The molecule has 0 atom stereocenters. The fourth-order valence-corrected chi connectivity index (χ4v) is 5.15. The molecule has 2 aromatic carbocycles. The third-order valence-corrected chi connectivity index (χ3v) is 7.04. The van der Waals surface area contributed by atoms with Crippen LogP contribution in [0.15, 0.2) is 46.2 Å². The summed E-state index contributed by atoms with van der Waals surface area (Å²) in [5.41, 5.74) is 1.14. The lowest BCUT2D eigenvalue weighted by Crippen LogP contribution is -2.30. The molecule has 0 saturated carbocycles. The Kier molecular flexibility index (Phi) is 6.56. The molecule has 2 heterocycles. The van der Waals surface area contributed by atoms with Crippen LogP contribution in [0.3, 0.4) is 0 Å². The van der Waals surface area contributed by atoms with Crippen LogP contribution in [0.25, 0.3) is 22.3 Å². The average molecular weight is 519 g/mol. The van der Waals surface area contributed by atoms with Crippen LogP contribution >= 0.6 is 11.3 Å². The lowest BCUT2D eigenvalue weighted by atomic mass is 10.0. The first kappa shape index (κ1) is 24.7. The van der Waals surface area contributed by atoms with E-state index in [1.165, 1.54) is 47.7 Å². The lowest BCUT2D eigenvalue weighted by molar-refractivity contribution is 0.0699. The van der Waals surface area contributed by atoms with E-state index in [4.69, 9.17) is 9.15 Å². The van der Waals surface area contributed by atoms with E-state index >= 15 is 0 Å². The van der Waals surface area contributed by atoms with Crippen LogP contribution in [0.5, 0.6) is 5.75 Å². The summed E-state index contributed by atoms with van der Waals surface area (Å²) >= 11 is 1.40. The first-order valence-corrected chi connectivity index (χ1v) is 13.3. The smallest absolute Gasteiger partial charge is 0.340 e. The van der Waals surface area contributed by atoms with Crippen molar-refractivity contribution in [3.63, 3.8) is 0 Å². The fourth-order valence-electron chi connectivity index (χ4n) is 3.68. The quantitative estimate of drug-likeness (QED) is 0.330. The number of aromatic carboxylic acids is 1. The van der Waals surface area contributed by atoms with Gasteiger partial charge in [-0.25, -0.2) is 22.6 Å². The highest BCUT2D eigenvalue weighted by molar-refractivity contribution is 7.92. The Balaban J connectivity index is 1.97. The molecule has 4 aromatic rings. The van der Waals surface area contributed by atoms with Gasteiger partial charge in [-0.3, -0.25) is 4.31 Å². The van der Waals surface area contributed by atoms with E-state index in [2.05, 4.69) is 4.98 Å². The molecule has 0 spiro atoms. The van der Waals surface area contributed by atoms with Crippen molar-refractivity contribution < 1.29 is 31.9 Å². The first-order valence-electron chi connectivity index (χ1n) is 10.6. The Hall–Kier alpha value is -3.44. The highest BCUT2D eigenvalue weighted by Crippen LogP contribution is 2.42. The van der Waals surface area contributed by atoms with Gasteiger partial charge in [-0.1, -0.05) is 0 Å². The van der Waals surface area contributed by atoms with Crippen LogP contribution in [-0.4, -0.2) is 36.8 Å². The maximum atomic E-state index is 13.4. The predicted molar refractivity (Wildman–Crippen MR) is 132 cm³/mol. The molecule has 0 radical (unpaired) electrons. The van der Waals surface area contributed by atoms with Crippen LogP contribution in [0.4, 0.5) is 10.1 Å². The number of hydrogen-bond donors (Lipinski definition) is 1. The molecular weight excluding hydrogens is 495 g/mol. The Labute approximate surface area is 205 Å². The molecule has 0 aliphatic heterocycles. The molecular formula is C24H23FN2O6S2. The minimum absolute atomic E-state index is 0.0289. The largest absolute Gasteiger partial charge is 0.489 e. The molecule has 0 saturated heterocycles. The number of furan rings is 1. The molecule has 0 unspecified atom stereocenters. The Morgan fingerprint density at radius 3 is 2.49 bits per heavy atom. The summed E-state index contributed by atoms with van der Waals surface area (Å²) in [6.45, 7) is 5.34. The number of rotatable bonds is 8. The van der Waals surface area contributed by atoms with E-state index < -0.39 is 21.8 Å². The molecule has 1 N–H and O–H groups in total. The van der Waals surface area contributed by atoms with Crippen LogP contribution in [-0.2, 0) is 16.6 Å². The summed E-state index contributed by atoms with van der Waals surface area (Å²) < 4.78 is 52.1. The number of aryl methyl sites for hydroxylation is 1. The summed E-state index contributed by atoms with van der Waals surface area (Å²) in [6, 6.07) is 8.16. The van der Waals surface area contributed by atoms with Gasteiger partial charge in [0.05, 0.1) is 35.3 Å². The highest BCUT2D eigenvalue weighted by atomic mass is 32.2. The van der Waals surface area contributed by atoms with Gasteiger partial charge in [0.2, 0.25) is 10.0 Å². The van der Waals surface area contributed by atoms with E-state index in [1.54, 1.807) is 19.2 Å². The van der Waals surface area contributed by atoms with Gasteiger partial charge in [-0.15, -0.1) is 11.3 Å². The molecule has 0 aliphatic carbocycles. The third kappa shape index (κ3) is 5.15. The van der Waals surface area contributed by atoms with Crippen LogP contribution in [0.1, 0.15) is 34.9 Å². The summed E-state index contributed by atoms with van der Waals surface area (Å²) in [5, 5.41) is 12.8. The van der Waals surface area contributed by atoms with E-state index in [0.29, 0.717) is 11.3 Å². The number of sulfonamides is 1. The number of aromatic nitrogens is 1. The monoisotopic (exact) mass is 518 g/mol. The number of benzene rings is 2. The van der Waals surface area contributed by atoms with Crippen molar-refractivity contribution in [2.24, 2.45) is 0 Å². The van der Waals surface area contributed by atoms with E-state index in [-0.39, 0.29) is 46.4 Å². The van der Waals surface area contributed by atoms with Crippen molar-refractivity contribution in [2.45, 2.75) is 33.4 Å². The fraction of sp³-hybridized carbons (Fsp3) is 0.250. The standard InChI is InChI=1S/C24H23FN2O6S2/c1-13(2)32-21-9-18-20(33-23(22(18)24(28)29)15-5-7-16(25)8-6-15)10-19(21)27(35(4,30)31)11-17-12-34-14(3)26-17/h5-10,12-13H,11H2,1-4H3,(H,28,29). The number of thiazole rings is 1. The van der Waals surface area contributed by atoms with Gasteiger partial charge in [-0.05, 0) is 51.1 Å². The summed E-state index contributed by atoms with van der Waals surface area (Å²) in [5.74, 6) is -1.51. The van der Waals surface area contributed by atoms with Crippen molar-refractivity contribution in [2.75, 3.05) is 10.6 Å². The zero-order chi connectivity index (χ0) is 25.5. The summed E-state index contributed by atoms with van der Waals surface area (Å²) in [4.78, 5) is 16.6. The SMILES string of the molecule is Cc1nc(CN(c2cc3oc(-c4ccc(F)cc4)c(C(=O)O)c3cc2OC(C)C)S(C)(=O)=O)cs1. The number of anilines is 1. The molecule has 184 valence electrons. The highest BCUT2D eigenvalue weighted by Gasteiger charge is 2.28. The van der Waals surface area contributed by atoms with Gasteiger partial charge < -0.3 is 14.3 Å². The zero-order valence-corrected chi connectivity index (χ0v) is 21.0. The number of ether oxygens (including phenoxy) is 1. The normalized spacial score (nSPS) is 11.8. The molecule has 0 amide bonds. The Bertz CT molecular complexity index is 1510. The third-order valence-electron chi connectivity index (χ3n) is 5.09. The minimum Gasteiger partial charge on any atom is -0.489 e. The number of carboxylic acid groups (broad SMARTS) is 1. The van der Waals surface area contributed by atoms with Gasteiger partial charge >= 0.3 is 5.97 Å². The number of carboxylic acids is 1. The van der Waals surface area contributed by atoms with E-state index in [9.17, 15) is 22.7 Å². The number of halogens is 1. The zero-order valence-electron chi connectivity index (χ0n) is 19.4. The maximum Gasteiger partial charge on any atom is 0.340 e. The van der Waals surface area contributed by atoms with Crippen molar-refractivity contribution in [3.8, 4) is 17.1 Å². The molecule has 0 fully saturated rings. The average Bonchev–Trinajstić information content (AvgIpc) is 3.33. The molecule has 11 heteroatoms. The van der Waals surface area contributed by atoms with Crippen LogP contribution in [0, 0.1) is 12.7 Å². The number of hydrogen-bond acceptors (Lipinski definition) is 7. The van der Waals surface area contributed by atoms with Crippen molar-refractivity contribution in [1.29, 1.82) is 0 Å². The van der Waals surface area contributed by atoms with E-state index in [0.717, 1.165) is 15.6 Å². The molecule has 4 rings (SSSR count). The number of carbonyl (C=O) groups is 1. The van der Waals surface area contributed by atoms with Crippen molar-refractivity contribution in [1.82, 2.24) is 4.98 Å². The van der Waals surface area contributed by atoms with Gasteiger partial charge in [-0.2, -0.15) is 0 Å². The Morgan fingerprint density at radius 1 is 1.26 bits per heavy atom. The van der Waals surface area contributed by atoms with E-state index in [1.807, 2.05) is 6.92 Å². The van der Waals surface area contributed by atoms with Gasteiger partial charge in [0.1, 0.15) is 28.5 Å². The van der Waals surface area contributed by atoms with Gasteiger partial charge in [0, 0.05) is 22.4 Å². The van der Waals surface area contributed by atoms with Crippen LogP contribution < -0.4 is 9.04 Å². The summed E-state index contributed by atoms with van der Waals surface area (Å²) in [7, 11) is -3.79. The van der Waals surface area contributed by atoms with Gasteiger partial charge in [0.15, 0.2) is 0 Å². The van der Waals surface area contributed by atoms with Crippen molar-refractivity contribution >= 4 is 44.0 Å². The molecule has 0 aliphatic rings. The molecule has 35 heavy (non-hydrogen) atoms. The first-order chi connectivity index (χ1) is 16.4. The lowest BCUT2D eigenvalue weighted by Gasteiger charge is -2.25. The van der Waals surface area contributed by atoms with Crippen molar-refractivity contribution in [3.05, 3.63) is 63.9 Å². The van der Waals surface area contributed by atoms with Crippen LogP contribution in [0.2, 0.25) is 0 Å². The number of nitrogens with zero attached hydrogens (tertiary/aromatic N) is 2. The van der Waals surface area contributed by atoms with Gasteiger partial charge in [0.25, 0.3) is 0 Å². The molecule has 0 bridgehead atoms. The molecule has 2 aromatic heterocycles. The number of fused-ring (bicyclic) bond motifs is 1. The molecule has 8 nitrogen and oxygen atoms in total. The topological polar surface area (TPSA) is 110 Å². The second kappa shape index (κ2) is 9.31. The second-order valence-electron chi connectivity index (χ2n) is 8.23. The second-order valence-corrected chi connectivity index (χ2v) is 11.2.